The molecule has 0 saturated carbocycles. The lowest BCUT2D eigenvalue weighted by Crippen LogP contribution is -2.07. The van der Waals surface area contributed by atoms with Crippen LogP contribution in [0.2, 0.25) is 0 Å². The van der Waals surface area contributed by atoms with Crippen molar-refractivity contribution in [3.05, 3.63) is 23.3 Å². The maximum Gasteiger partial charge on any atom is 0.306 e. The van der Waals surface area contributed by atoms with Crippen molar-refractivity contribution in [2.75, 3.05) is 6.61 Å². The predicted octanol–water partition coefficient (Wildman–Crippen LogP) is 3.09. The number of carboxylic acid groups (broad SMARTS) is 1. The van der Waals surface area contributed by atoms with E-state index in [0.29, 0.717) is 0 Å². The fraction of sp³-hybridized carbons (Fsp3) is 0.571. The van der Waals surface area contributed by atoms with Crippen LogP contribution in [0.25, 0.3) is 0 Å². The van der Waals surface area contributed by atoms with Gasteiger partial charge in [-0.2, -0.15) is 0 Å². The number of carbonyl (C=O) groups is 2. The fourth-order valence-electron chi connectivity index (χ4n) is 1.25. The second-order valence-corrected chi connectivity index (χ2v) is 4.45. The van der Waals surface area contributed by atoms with E-state index in [1.54, 1.807) is 0 Å². The van der Waals surface area contributed by atoms with Crippen molar-refractivity contribution < 1.29 is 19.4 Å². The van der Waals surface area contributed by atoms with E-state index in [0.717, 1.165) is 12.8 Å². The van der Waals surface area contributed by atoms with Gasteiger partial charge >= 0.3 is 11.9 Å². The van der Waals surface area contributed by atoms with Gasteiger partial charge in [0, 0.05) is 0 Å². The standard InChI is InChI=1S/C14H22O4/c1-11(2)5-4-6-12(3)9-10-18-14(17)8-7-13(15)16/h5,9H,4,6-8,10H2,1-3H3,(H,15,16)/b12-9-. The predicted molar refractivity (Wildman–Crippen MR) is 70.3 cm³/mol. The van der Waals surface area contributed by atoms with Gasteiger partial charge in [0.05, 0.1) is 12.8 Å². The Balaban J connectivity index is 3.76. The molecule has 0 aliphatic carbocycles. The van der Waals surface area contributed by atoms with Crippen molar-refractivity contribution in [3.63, 3.8) is 0 Å². The zero-order valence-corrected chi connectivity index (χ0v) is 11.4. The first kappa shape index (κ1) is 16.4. The summed E-state index contributed by atoms with van der Waals surface area (Å²) in [6.07, 6.45) is 5.70. The summed E-state index contributed by atoms with van der Waals surface area (Å²) in [5.41, 5.74) is 2.46. The topological polar surface area (TPSA) is 63.6 Å². The molecule has 0 saturated heterocycles. The Hall–Kier alpha value is -1.58. The molecule has 4 nitrogen and oxygen atoms in total. The third kappa shape index (κ3) is 10.9. The van der Waals surface area contributed by atoms with Gasteiger partial charge in [-0.25, -0.2) is 0 Å². The van der Waals surface area contributed by atoms with Crippen LogP contribution in [0.1, 0.15) is 46.5 Å². The monoisotopic (exact) mass is 254 g/mol. The minimum atomic E-state index is -0.986. The average molecular weight is 254 g/mol. The quantitative estimate of drug-likeness (QED) is 0.534. The summed E-state index contributed by atoms with van der Waals surface area (Å²) >= 11 is 0. The third-order valence-corrected chi connectivity index (χ3v) is 2.31. The van der Waals surface area contributed by atoms with Gasteiger partial charge in [0.2, 0.25) is 0 Å². The molecule has 0 unspecified atom stereocenters. The van der Waals surface area contributed by atoms with Gasteiger partial charge in [0.15, 0.2) is 0 Å². The van der Waals surface area contributed by atoms with Gasteiger partial charge in [0.25, 0.3) is 0 Å². The Bertz CT molecular complexity index is 336. The molecule has 0 aliphatic heterocycles. The number of hydrogen-bond donors (Lipinski definition) is 1. The van der Waals surface area contributed by atoms with Gasteiger partial charge in [-0.05, 0) is 39.7 Å². The smallest absolute Gasteiger partial charge is 0.306 e. The molecule has 0 aromatic carbocycles. The number of carboxylic acids is 1. The summed E-state index contributed by atoms with van der Waals surface area (Å²) in [7, 11) is 0. The summed E-state index contributed by atoms with van der Waals surface area (Å²) in [6.45, 7) is 6.33. The Kier molecular flexibility index (Phi) is 8.62. The summed E-state index contributed by atoms with van der Waals surface area (Å²) < 4.78 is 4.90. The minimum absolute atomic E-state index is 0.0695. The Morgan fingerprint density at radius 3 is 2.28 bits per heavy atom. The van der Waals surface area contributed by atoms with Gasteiger partial charge in [0.1, 0.15) is 6.61 Å². The normalized spacial score (nSPS) is 10.9. The molecule has 0 fully saturated rings. The zero-order valence-electron chi connectivity index (χ0n) is 11.4. The molecular formula is C14H22O4. The molecule has 0 heterocycles. The third-order valence-electron chi connectivity index (χ3n) is 2.31. The van der Waals surface area contributed by atoms with Crippen molar-refractivity contribution in [2.24, 2.45) is 0 Å². The molecule has 0 spiro atoms. The number of allylic oxidation sites excluding steroid dienone is 3. The van der Waals surface area contributed by atoms with E-state index < -0.39 is 11.9 Å². The lowest BCUT2D eigenvalue weighted by molar-refractivity contribution is -0.146. The molecule has 102 valence electrons. The second kappa shape index (κ2) is 9.45. The number of rotatable bonds is 8. The van der Waals surface area contributed by atoms with E-state index in [9.17, 15) is 9.59 Å². The van der Waals surface area contributed by atoms with E-state index in [4.69, 9.17) is 9.84 Å². The van der Waals surface area contributed by atoms with Crippen LogP contribution in [-0.2, 0) is 14.3 Å². The summed E-state index contributed by atoms with van der Waals surface area (Å²) in [4.78, 5) is 21.3. The van der Waals surface area contributed by atoms with E-state index in [1.165, 1.54) is 11.1 Å². The zero-order chi connectivity index (χ0) is 14.0. The maximum atomic E-state index is 11.1. The summed E-state index contributed by atoms with van der Waals surface area (Å²) in [6, 6.07) is 0. The SMILES string of the molecule is CC(C)=CCC/C(C)=C\COC(=O)CCC(=O)O. The highest BCUT2D eigenvalue weighted by Gasteiger charge is 2.05. The average Bonchev–Trinajstić information content (AvgIpc) is 2.25. The van der Waals surface area contributed by atoms with E-state index in [2.05, 4.69) is 19.9 Å². The van der Waals surface area contributed by atoms with Crippen LogP contribution in [0.3, 0.4) is 0 Å². The first-order valence-corrected chi connectivity index (χ1v) is 6.08. The van der Waals surface area contributed by atoms with Crippen molar-refractivity contribution in [3.8, 4) is 0 Å². The molecule has 0 aromatic rings. The largest absolute Gasteiger partial charge is 0.481 e. The van der Waals surface area contributed by atoms with Crippen molar-refractivity contribution in [1.29, 1.82) is 0 Å². The molecular weight excluding hydrogens is 232 g/mol. The van der Waals surface area contributed by atoms with Crippen LogP contribution in [0.4, 0.5) is 0 Å². The van der Waals surface area contributed by atoms with Crippen molar-refractivity contribution >= 4 is 11.9 Å². The highest BCUT2D eigenvalue weighted by molar-refractivity contribution is 5.76. The van der Waals surface area contributed by atoms with E-state index >= 15 is 0 Å². The Morgan fingerprint density at radius 1 is 1.06 bits per heavy atom. The molecule has 18 heavy (non-hydrogen) atoms. The van der Waals surface area contributed by atoms with Crippen LogP contribution in [0, 0.1) is 0 Å². The highest BCUT2D eigenvalue weighted by Crippen LogP contribution is 2.06. The number of ether oxygens (including phenoxy) is 1. The van der Waals surface area contributed by atoms with E-state index in [-0.39, 0.29) is 19.4 Å². The van der Waals surface area contributed by atoms with Gasteiger partial charge < -0.3 is 9.84 Å². The Labute approximate surface area is 108 Å². The molecule has 0 aliphatic rings. The van der Waals surface area contributed by atoms with Gasteiger partial charge in [-0.1, -0.05) is 17.2 Å². The maximum absolute atomic E-state index is 11.1. The van der Waals surface area contributed by atoms with Crippen molar-refractivity contribution in [2.45, 2.75) is 46.5 Å². The van der Waals surface area contributed by atoms with Crippen molar-refractivity contribution in [1.82, 2.24) is 0 Å². The summed E-state index contributed by atoms with van der Waals surface area (Å²) in [5, 5.41) is 8.39. The van der Waals surface area contributed by atoms with Crippen LogP contribution < -0.4 is 0 Å². The van der Waals surface area contributed by atoms with Crippen LogP contribution >= 0.6 is 0 Å². The number of aliphatic carboxylic acids is 1. The molecule has 0 radical (unpaired) electrons. The molecule has 4 heteroatoms. The van der Waals surface area contributed by atoms with Gasteiger partial charge in [-0.3, -0.25) is 9.59 Å². The van der Waals surface area contributed by atoms with E-state index in [1.807, 2.05) is 13.0 Å². The van der Waals surface area contributed by atoms with Crippen LogP contribution in [-0.4, -0.2) is 23.7 Å². The molecule has 1 N–H and O–H groups in total. The molecule has 0 aromatic heterocycles. The van der Waals surface area contributed by atoms with Crippen LogP contribution in [0.15, 0.2) is 23.3 Å². The van der Waals surface area contributed by atoms with Gasteiger partial charge in [-0.15, -0.1) is 0 Å². The first-order chi connectivity index (χ1) is 8.41. The molecule has 0 bridgehead atoms. The first-order valence-electron chi connectivity index (χ1n) is 6.08. The number of esters is 1. The fourth-order valence-corrected chi connectivity index (χ4v) is 1.25. The molecule has 0 atom stereocenters. The second-order valence-electron chi connectivity index (χ2n) is 4.45. The minimum Gasteiger partial charge on any atom is -0.481 e. The molecule has 0 rings (SSSR count). The number of carbonyl (C=O) groups excluding carboxylic acids is 1. The summed E-state index contributed by atoms with van der Waals surface area (Å²) in [5.74, 6) is -1.45. The number of hydrogen-bond acceptors (Lipinski definition) is 3. The Morgan fingerprint density at radius 2 is 1.72 bits per heavy atom. The highest BCUT2D eigenvalue weighted by atomic mass is 16.5. The lowest BCUT2D eigenvalue weighted by Gasteiger charge is -2.02. The lowest BCUT2D eigenvalue weighted by atomic mass is 10.1. The van der Waals surface area contributed by atoms with Crippen LogP contribution in [0.5, 0.6) is 0 Å². The molecule has 0 amide bonds.